The second-order valence-corrected chi connectivity index (χ2v) is 9.23. The van der Waals surface area contributed by atoms with Crippen LogP contribution >= 0.6 is 0 Å². The SMILES string of the molecule is Cc1nn(-c2ccc(NCCNS(=O)(=O)c3ccc4c(c3)OCCCO4)nn2)c(C)c1C. The van der Waals surface area contributed by atoms with Gasteiger partial charge in [-0.25, -0.2) is 17.8 Å². The molecular formula is C21H26N6O4S. The Bertz CT molecular complexity index is 1210. The number of fused-ring (bicyclic) bond motifs is 1. The quantitative estimate of drug-likeness (QED) is 0.517. The number of anilines is 1. The molecule has 0 saturated carbocycles. The highest BCUT2D eigenvalue weighted by Crippen LogP contribution is 2.31. The van der Waals surface area contributed by atoms with Crippen LogP contribution in [-0.4, -0.2) is 54.7 Å². The molecule has 1 aliphatic rings. The van der Waals surface area contributed by atoms with E-state index in [9.17, 15) is 8.42 Å². The molecule has 4 rings (SSSR count). The van der Waals surface area contributed by atoms with Gasteiger partial charge in [0.2, 0.25) is 10.0 Å². The zero-order valence-corrected chi connectivity index (χ0v) is 19.1. The maximum absolute atomic E-state index is 12.6. The monoisotopic (exact) mass is 458 g/mol. The molecule has 11 heteroatoms. The number of hydrogen-bond acceptors (Lipinski definition) is 8. The summed E-state index contributed by atoms with van der Waals surface area (Å²) in [4.78, 5) is 0.131. The van der Waals surface area contributed by atoms with E-state index in [0.717, 1.165) is 23.4 Å². The fraction of sp³-hybridized carbons (Fsp3) is 0.381. The maximum atomic E-state index is 12.6. The van der Waals surface area contributed by atoms with Gasteiger partial charge in [-0.2, -0.15) is 5.10 Å². The van der Waals surface area contributed by atoms with E-state index in [1.54, 1.807) is 16.8 Å². The smallest absolute Gasteiger partial charge is 0.240 e. The van der Waals surface area contributed by atoms with E-state index in [4.69, 9.17) is 9.47 Å². The molecule has 3 heterocycles. The molecule has 32 heavy (non-hydrogen) atoms. The van der Waals surface area contributed by atoms with Gasteiger partial charge in [0.25, 0.3) is 0 Å². The average Bonchev–Trinajstić information content (AvgIpc) is 2.96. The molecule has 0 aliphatic carbocycles. The molecule has 10 nitrogen and oxygen atoms in total. The second kappa shape index (κ2) is 9.13. The third-order valence-corrected chi connectivity index (χ3v) is 6.73. The molecule has 0 unspecified atom stereocenters. The van der Waals surface area contributed by atoms with Crippen LogP contribution in [0.2, 0.25) is 0 Å². The molecule has 0 atom stereocenters. The lowest BCUT2D eigenvalue weighted by Crippen LogP contribution is -2.29. The van der Waals surface area contributed by atoms with Crippen LogP contribution < -0.4 is 19.5 Å². The van der Waals surface area contributed by atoms with Crippen LogP contribution in [-0.2, 0) is 10.0 Å². The topological polar surface area (TPSA) is 120 Å². The zero-order chi connectivity index (χ0) is 22.7. The summed E-state index contributed by atoms with van der Waals surface area (Å²) in [6.45, 7) is 7.52. The van der Waals surface area contributed by atoms with Gasteiger partial charge in [0.15, 0.2) is 17.3 Å². The predicted molar refractivity (Wildman–Crippen MR) is 119 cm³/mol. The minimum absolute atomic E-state index is 0.131. The van der Waals surface area contributed by atoms with Crippen molar-refractivity contribution >= 4 is 15.8 Å². The molecule has 1 aliphatic heterocycles. The first-order chi connectivity index (χ1) is 15.3. The largest absolute Gasteiger partial charge is 0.490 e. The van der Waals surface area contributed by atoms with Crippen molar-refractivity contribution in [3.05, 3.63) is 47.3 Å². The summed E-state index contributed by atoms with van der Waals surface area (Å²) in [5, 5.41) is 15.9. The molecule has 3 aromatic rings. The Morgan fingerprint density at radius 3 is 2.47 bits per heavy atom. The van der Waals surface area contributed by atoms with Crippen molar-refractivity contribution in [3.63, 3.8) is 0 Å². The van der Waals surface area contributed by atoms with Crippen molar-refractivity contribution < 1.29 is 17.9 Å². The van der Waals surface area contributed by atoms with Crippen molar-refractivity contribution in [3.8, 4) is 17.3 Å². The van der Waals surface area contributed by atoms with Gasteiger partial charge in [0.1, 0.15) is 5.82 Å². The normalized spacial score (nSPS) is 13.6. The van der Waals surface area contributed by atoms with Crippen LogP contribution in [0.5, 0.6) is 11.5 Å². The van der Waals surface area contributed by atoms with Gasteiger partial charge in [-0.15, -0.1) is 10.2 Å². The molecule has 2 aromatic heterocycles. The first-order valence-electron chi connectivity index (χ1n) is 10.4. The van der Waals surface area contributed by atoms with Gasteiger partial charge in [0.05, 0.1) is 23.8 Å². The zero-order valence-electron chi connectivity index (χ0n) is 18.3. The number of rotatable bonds is 7. The van der Waals surface area contributed by atoms with Crippen LogP contribution in [0, 0.1) is 20.8 Å². The van der Waals surface area contributed by atoms with E-state index in [1.807, 2.05) is 26.8 Å². The number of nitrogens with zero attached hydrogens (tertiary/aromatic N) is 4. The van der Waals surface area contributed by atoms with E-state index in [-0.39, 0.29) is 11.4 Å². The lowest BCUT2D eigenvalue weighted by molar-refractivity contribution is 0.297. The third kappa shape index (κ3) is 4.68. The molecule has 0 bridgehead atoms. The lowest BCUT2D eigenvalue weighted by Gasteiger charge is -2.11. The van der Waals surface area contributed by atoms with Crippen LogP contribution in [0.15, 0.2) is 35.2 Å². The first-order valence-corrected chi connectivity index (χ1v) is 11.8. The maximum Gasteiger partial charge on any atom is 0.240 e. The summed E-state index contributed by atoms with van der Waals surface area (Å²) in [5.41, 5.74) is 3.09. The van der Waals surface area contributed by atoms with Crippen molar-refractivity contribution in [2.75, 3.05) is 31.6 Å². The molecule has 0 spiro atoms. The Morgan fingerprint density at radius 2 is 1.78 bits per heavy atom. The molecule has 0 fully saturated rings. The summed E-state index contributed by atoms with van der Waals surface area (Å²) in [5.74, 6) is 2.17. The van der Waals surface area contributed by atoms with Gasteiger partial charge in [-0.05, 0) is 50.6 Å². The fourth-order valence-corrected chi connectivity index (χ4v) is 4.29. The Morgan fingerprint density at radius 1 is 1.00 bits per heavy atom. The molecule has 170 valence electrons. The number of nitrogens with one attached hydrogen (secondary N) is 2. The number of hydrogen-bond donors (Lipinski definition) is 2. The third-order valence-electron chi connectivity index (χ3n) is 5.27. The van der Waals surface area contributed by atoms with Gasteiger partial charge in [-0.1, -0.05) is 0 Å². The highest BCUT2D eigenvalue weighted by Gasteiger charge is 2.18. The minimum atomic E-state index is -3.68. The summed E-state index contributed by atoms with van der Waals surface area (Å²) in [6.07, 6.45) is 0.755. The minimum Gasteiger partial charge on any atom is -0.490 e. The highest BCUT2D eigenvalue weighted by molar-refractivity contribution is 7.89. The Balaban J connectivity index is 1.33. The van der Waals surface area contributed by atoms with E-state index in [2.05, 4.69) is 25.3 Å². The van der Waals surface area contributed by atoms with Gasteiger partial charge < -0.3 is 14.8 Å². The van der Waals surface area contributed by atoms with Gasteiger partial charge in [0, 0.05) is 31.3 Å². The standard InChI is InChI=1S/C21H26N6O4S/c1-14-15(2)26-27(16(14)3)21-8-7-20(24-25-21)22-9-10-23-32(28,29)17-5-6-18-19(13-17)31-12-4-11-30-18/h5-8,13,23H,4,9-12H2,1-3H3,(H,22,24). The van der Waals surface area contributed by atoms with E-state index >= 15 is 0 Å². The van der Waals surface area contributed by atoms with Gasteiger partial charge in [-0.3, -0.25) is 0 Å². The van der Waals surface area contributed by atoms with Gasteiger partial charge >= 0.3 is 0 Å². The average molecular weight is 459 g/mol. The van der Waals surface area contributed by atoms with Crippen LogP contribution in [0.1, 0.15) is 23.4 Å². The lowest BCUT2D eigenvalue weighted by atomic mass is 10.2. The summed E-state index contributed by atoms with van der Waals surface area (Å²) in [6, 6.07) is 8.22. The molecule has 2 N–H and O–H groups in total. The van der Waals surface area contributed by atoms with Crippen molar-refractivity contribution in [1.29, 1.82) is 0 Å². The van der Waals surface area contributed by atoms with Crippen LogP contribution in [0.25, 0.3) is 5.82 Å². The number of benzene rings is 1. The second-order valence-electron chi connectivity index (χ2n) is 7.47. The summed E-state index contributed by atoms with van der Waals surface area (Å²) >= 11 is 0. The van der Waals surface area contributed by atoms with Crippen molar-refractivity contribution in [1.82, 2.24) is 24.7 Å². The van der Waals surface area contributed by atoms with Crippen LogP contribution in [0.3, 0.4) is 0 Å². The highest BCUT2D eigenvalue weighted by atomic mass is 32.2. The number of aromatic nitrogens is 4. The fourth-order valence-electron chi connectivity index (χ4n) is 3.25. The predicted octanol–water partition coefficient (Wildman–Crippen LogP) is 2.14. The summed E-state index contributed by atoms with van der Waals surface area (Å²) in [7, 11) is -3.68. The molecule has 0 radical (unpaired) electrons. The molecule has 1 aromatic carbocycles. The van der Waals surface area contributed by atoms with Crippen molar-refractivity contribution in [2.45, 2.75) is 32.1 Å². The van der Waals surface area contributed by atoms with Crippen molar-refractivity contribution in [2.24, 2.45) is 0 Å². The molecule has 0 saturated heterocycles. The van der Waals surface area contributed by atoms with E-state index < -0.39 is 10.0 Å². The first kappa shape index (κ1) is 22.0. The molecular weight excluding hydrogens is 432 g/mol. The molecule has 0 amide bonds. The van der Waals surface area contributed by atoms with Crippen LogP contribution in [0.4, 0.5) is 5.82 Å². The Labute approximate surface area is 187 Å². The number of ether oxygens (including phenoxy) is 2. The Hall–Kier alpha value is -3.18. The Kier molecular flexibility index (Phi) is 6.28. The number of aryl methyl sites for hydroxylation is 1. The van der Waals surface area contributed by atoms with E-state index in [0.29, 0.717) is 42.9 Å². The van der Waals surface area contributed by atoms with E-state index in [1.165, 1.54) is 12.1 Å². The number of sulfonamides is 1. The summed E-state index contributed by atoms with van der Waals surface area (Å²) < 4.78 is 40.7.